The van der Waals surface area contributed by atoms with Gasteiger partial charge in [-0.3, -0.25) is 0 Å². The fourth-order valence-electron chi connectivity index (χ4n) is 7.55. The van der Waals surface area contributed by atoms with Crippen molar-refractivity contribution in [3.05, 3.63) is 0 Å². The summed E-state index contributed by atoms with van der Waals surface area (Å²) in [6, 6.07) is 0. The Morgan fingerprint density at radius 3 is 2.29 bits per heavy atom. The number of hydrogen-bond acceptors (Lipinski definition) is 2. The van der Waals surface area contributed by atoms with E-state index in [1.54, 1.807) is 12.8 Å². The Kier molecular flexibility index (Phi) is 3.00. The molecule has 4 aliphatic carbocycles. The molecule has 9 unspecified atom stereocenters. The van der Waals surface area contributed by atoms with Crippen LogP contribution in [-0.2, 0) is 9.47 Å². The lowest BCUT2D eigenvalue weighted by Gasteiger charge is -2.44. The van der Waals surface area contributed by atoms with Gasteiger partial charge in [0.2, 0.25) is 0 Å². The van der Waals surface area contributed by atoms with E-state index in [9.17, 15) is 0 Å². The van der Waals surface area contributed by atoms with Crippen LogP contribution in [0.15, 0.2) is 0 Å². The van der Waals surface area contributed by atoms with Gasteiger partial charge in [-0.2, -0.15) is 0 Å². The molecule has 2 heteroatoms. The summed E-state index contributed by atoms with van der Waals surface area (Å²) in [5.41, 5.74) is 0. The molecule has 1 saturated heterocycles. The molecule has 1 aliphatic heterocycles. The Morgan fingerprint density at radius 2 is 1.52 bits per heavy atom. The lowest BCUT2D eigenvalue weighted by molar-refractivity contribution is -0.190. The van der Waals surface area contributed by atoms with Gasteiger partial charge in [-0.25, -0.2) is 0 Å². The first-order valence-corrected chi connectivity index (χ1v) is 9.47. The summed E-state index contributed by atoms with van der Waals surface area (Å²) >= 11 is 0. The third-order valence-corrected chi connectivity index (χ3v) is 8.37. The maximum absolute atomic E-state index is 5.84. The van der Waals surface area contributed by atoms with E-state index < -0.39 is 0 Å². The van der Waals surface area contributed by atoms with E-state index in [-0.39, 0.29) is 6.29 Å². The van der Waals surface area contributed by atoms with Crippen molar-refractivity contribution >= 4 is 0 Å². The van der Waals surface area contributed by atoms with Gasteiger partial charge in [-0.05, 0) is 78.9 Å². The molecule has 0 spiro atoms. The molecular formula is C19H30O2. The monoisotopic (exact) mass is 290 g/mol. The van der Waals surface area contributed by atoms with Gasteiger partial charge >= 0.3 is 0 Å². The average molecular weight is 290 g/mol. The molecule has 4 bridgehead atoms. The number of rotatable bonds is 2. The van der Waals surface area contributed by atoms with Gasteiger partial charge in [0.05, 0.1) is 13.2 Å². The van der Waals surface area contributed by atoms with E-state index in [1.165, 1.54) is 12.8 Å². The molecule has 1 heterocycles. The predicted octanol–water partition coefficient (Wildman–Crippen LogP) is 3.95. The third kappa shape index (κ3) is 1.78. The molecule has 0 radical (unpaired) electrons. The maximum atomic E-state index is 5.84. The number of ether oxygens (including phenoxy) is 2. The minimum atomic E-state index is 0.122. The standard InChI is InChI=1S/C19H30O2/c1-10-11(2)15-9-14(10)18-13-6-12(16(7-13)19(15)18)8-17-20-4-3-5-21-17/h10-19H,3-9H2,1-2H3. The normalized spacial score (nSPS) is 58.9. The minimum Gasteiger partial charge on any atom is -0.353 e. The van der Waals surface area contributed by atoms with Crippen LogP contribution in [0.4, 0.5) is 0 Å². The van der Waals surface area contributed by atoms with Crippen molar-refractivity contribution in [1.82, 2.24) is 0 Å². The fourth-order valence-corrected chi connectivity index (χ4v) is 7.55. The van der Waals surface area contributed by atoms with Crippen LogP contribution in [0.1, 0.15) is 46.0 Å². The van der Waals surface area contributed by atoms with Gasteiger partial charge in [0.15, 0.2) is 6.29 Å². The van der Waals surface area contributed by atoms with Crippen LogP contribution in [0, 0.1) is 53.3 Å². The second-order valence-corrected chi connectivity index (χ2v) is 8.85. The quantitative estimate of drug-likeness (QED) is 0.717. The Hall–Kier alpha value is -0.0800. The summed E-state index contributed by atoms with van der Waals surface area (Å²) in [5, 5.41) is 0. The Labute approximate surface area is 129 Å². The van der Waals surface area contributed by atoms with Crippen molar-refractivity contribution < 1.29 is 9.47 Å². The van der Waals surface area contributed by atoms with Crippen molar-refractivity contribution in [3.8, 4) is 0 Å². The van der Waals surface area contributed by atoms with E-state index in [1.807, 2.05) is 0 Å². The predicted molar refractivity (Wildman–Crippen MR) is 81.5 cm³/mol. The van der Waals surface area contributed by atoms with E-state index >= 15 is 0 Å². The molecule has 5 aliphatic rings. The van der Waals surface area contributed by atoms with Crippen LogP contribution in [0.25, 0.3) is 0 Å². The SMILES string of the molecule is CC1C(C)C2CC1C1C3CC(CC4OCCCO4)C(C3)C21. The molecule has 5 rings (SSSR count). The number of hydrogen-bond donors (Lipinski definition) is 0. The largest absolute Gasteiger partial charge is 0.353 e. The molecule has 0 N–H and O–H groups in total. The summed E-state index contributed by atoms with van der Waals surface area (Å²) in [7, 11) is 0. The molecule has 118 valence electrons. The van der Waals surface area contributed by atoms with Crippen LogP contribution in [-0.4, -0.2) is 19.5 Å². The van der Waals surface area contributed by atoms with Gasteiger partial charge < -0.3 is 9.47 Å². The van der Waals surface area contributed by atoms with Crippen LogP contribution >= 0.6 is 0 Å². The molecule has 4 saturated carbocycles. The highest BCUT2D eigenvalue weighted by Crippen LogP contribution is 2.71. The molecule has 5 fully saturated rings. The van der Waals surface area contributed by atoms with E-state index in [0.717, 1.165) is 72.9 Å². The van der Waals surface area contributed by atoms with Crippen LogP contribution in [0.3, 0.4) is 0 Å². The second kappa shape index (κ2) is 4.71. The minimum absolute atomic E-state index is 0.122. The van der Waals surface area contributed by atoms with Crippen LogP contribution in [0.5, 0.6) is 0 Å². The lowest BCUT2D eigenvalue weighted by atomic mass is 9.62. The first-order chi connectivity index (χ1) is 10.2. The molecular weight excluding hydrogens is 260 g/mol. The first-order valence-electron chi connectivity index (χ1n) is 9.47. The summed E-state index contributed by atoms with van der Waals surface area (Å²) in [4.78, 5) is 0. The summed E-state index contributed by atoms with van der Waals surface area (Å²) in [6.07, 6.45) is 6.98. The van der Waals surface area contributed by atoms with Gasteiger partial charge in [0.1, 0.15) is 0 Å². The van der Waals surface area contributed by atoms with Crippen molar-refractivity contribution in [2.24, 2.45) is 53.3 Å². The Balaban J connectivity index is 1.32. The van der Waals surface area contributed by atoms with Gasteiger partial charge in [-0.1, -0.05) is 13.8 Å². The average Bonchev–Trinajstić information content (AvgIpc) is 3.20. The summed E-state index contributed by atoms with van der Waals surface area (Å²) < 4.78 is 11.7. The number of fused-ring (bicyclic) bond motifs is 9. The van der Waals surface area contributed by atoms with Gasteiger partial charge in [0.25, 0.3) is 0 Å². The van der Waals surface area contributed by atoms with E-state index in [2.05, 4.69) is 13.8 Å². The van der Waals surface area contributed by atoms with Crippen molar-refractivity contribution in [3.63, 3.8) is 0 Å². The molecule has 0 aromatic heterocycles. The molecule has 2 nitrogen and oxygen atoms in total. The van der Waals surface area contributed by atoms with Gasteiger partial charge in [0, 0.05) is 6.42 Å². The summed E-state index contributed by atoms with van der Waals surface area (Å²) in [5.74, 6) is 9.27. The first kappa shape index (κ1) is 13.4. The van der Waals surface area contributed by atoms with Crippen LogP contribution in [0.2, 0.25) is 0 Å². The molecule has 9 atom stereocenters. The van der Waals surface area contributed by atoms with Crippen LogP contribution < -0.4 is 0 Å². The zero-order chi connectivity index (χ0) is 14.1. The van der Waals surface area contributed by atoms with Crippen molar-refractivity contribution in [2.75, 3.05) is 13.2 Å². The zero-order valence-electron chi connectivity index (χ0n) is 13.5. The smallest absolute Gasteiger partial charge is 0.157 e. The molecule has 21 heavy (non-hydrogen) atoms. The maximum Gasteiger partial charge on any atom is 0.157 e. The zero-order valence-corrected chi connectivity index (χ0v) is 13.5. The highest BCUT2D eigenvalue weighted by atomic mass is 16.7. The highest BCUT2D eigenvalue weighted by molar-refractivity contribution is 5.13. The summed E-state index contributed by atoms with van der Waals surface area (Å²) in [6.45, 7) is 6.91. The lowest BCUT2D eigenvalue weighted by Crippen LogP contribution is -2.40. The Morgan fingerprint density at radius 1 is 0.810 bits per heavy atom. The molecule has 0 amide bonds. The molecule has 0 aromatic rings. The fraction of sp³-hybridized carbons (Fsp3) is 1.00. The van der Waals surface area contributed by atoms with Crippen molar-refractivity contribution in [2.45, 2.75) is 52.2 Å². The third-order valence-electron chi connectivity index (χ3n) is 8.37. The van der Waals surface area contributed by atoms with E-state index in [0.29, 0.717) is 0 Å². The Bertz CT molecular complexity index is 416. The van der Waals surface area contributed by atoms with E-state index in [4.69, 9.17) is 9.47 Å². The molecule has 0 aromatic carbocycles. The van der Waals surface area contributed by atoms with Crippen molar-refractivity contribution in [1.29, 1.82) is 0 Å². The second-order valence-electron chi connectivity index (χ2n) is 8.85. The van der Waals surface area contributed by atoms with Gasteiger partial charge in [-0.15, -0.1) is 0 Å². The highest BCUT2D eigenvalue weighted by Gasteiger charge is 2.65. The topological polar surface area (TPSA) is 18.5 Å².